The summed E-state index contributed by atoms with van der Waals surface area (Å²) in [5.74, 6) is -4.18. The molecule has 0 heterocycles. The minimum absolute atomic E-state index is 0.432. The lowest BCUT2D eigenvalue weighted by atomic mass is 10.1. The highest BCUT2D eigenvalue weighted by atomic mass is 35.5. The molecule has 74 valence electrons. The van der Waals surface area contributed by atoms with Crippen molar-refractivity contribution in [3.63, 3.8) is 0 Å². The topological polar surface area (TPSA) is 23.8 Å². The number of nitriles is 1. The SMILES string of the molecule is N#CCc1c(F)c(Cl)c(F)c(F)c1Cl. The van der Waals surface area contributed by atoms with Gasteiger partial charge in [0, 0.05) is 5.56 Å². The lowest BCUT2D eigenvalue weighted by Crippen LogP contribution is -1.99. The second-order valence-electron chi connectivity index (χ2n) is 2.38. The van der Waals surface area contributed by atoms with E-state index in [0.29, 0.717) is 0 Å². The molecule has 0 radical (unpaired) electrons. The first kappa shape index (κ1) is 11.2. The van der Waals surface area contributed by atoms with Crippen LogP contribution in [-0.2, 0) is 6.42 Å². The van der Waals surface area contributed by atoms with Crippen molar-refractivity contribution in [1.82, 2.24) is 0 Å². The maximum absolute atomic E-state index is 13.1. The lowest BCUT2D eigenvalue weighted by molar-refractivity contribution is 0.492. The Morgan fingerprint density at radius 2 is 1.50 bits per heavy atom. The summed E-state index contributed by atoms with van der Waals surface area (Å²) in [5.41, 5.74) is -0.432. The van der Waals surface area contributed by atoms with Crippen molar-refractivity contribution in [2.45, 2.75) is 6.42 Å². The third-order valence-electron chi connectivity index (χ3n) is 1.56. The zero-order valence-corrected chi connectivity index (χ0v) is 8.06. The van der Waals surface area contributed by atoms with Crippen molar-refractivity contribution < 1.29 is 13.2 Å². The fourth-order valence-electron chi connectivity index (χ4n) is 0.885. The summed E-state index contributed by atoms with van der Waals surface area (Å²) in [6.45, 7) is 0. The predicted octanol–water partition coefficient (Wildman–Crippen LogP) is 3.48. The van der Waals surface area contributed by atoms with Gasteiger partial charge in [0.1, 0.15) is 5.02 Å². The van der Waals surface area contributed by atoms with Crippen LogP contribution in [0.5, 0.6) is 0 Å². The van der Waals surface area contributed by atoms with Gasteiger partial charge in [-0.2, -0.15) is 5.26 Å². The molecule has 0 spiro atoms. The summed E-state index contributed by atoms with van der Waals surface area (Å²) >= 11 is 10.4. The summed E-state index contributed by atoms with van der Waals surface area (Å²) in [7, 11) is 0. The first-order valence-electron chi connectivity index (χ1n) is 3.38. The molecule has 0 fully saturated rings. The summed E-state index contributed by atoms with van der Waals surface area (Å²) in [6.07, 6.45) is -0.471. The molecule has 0 aliphatic carbocycles. The van der Waals surface area contributed by atoms with Crippen molar-refractivity contribution >= 4 is 23.2 Å². The van der Waals surface area contributed by atoms with Crippen LogP contribution in [0.1, 0.15) is 5.56 Å². The standard InChI is InChI=1S/C8H2Cl2F3N/c9-4-3(1-2-14)6(11)5(10)8(13)7(4)12/h1H2. The van der Waals surface area contributed by atoms with Gasteiger partial charge in [-0.25, -0.2) is 13.2 Å². The lowest BCUT2D eigenvalue weighted by Gasteiger charge is -2.06. The van der Waals surface area contributed by atoms with E-state index in [0.717, 1.165) is 0 Å². The number of halogens is 5. The fraction of sp³-hybridized carbons (Fsp3) is 0.125. The molecule has 1 aromatic rings. The third kappa shape index (κ3) is 1.66. The van der Waals surface area contributed by atoms with Crippen LogP contribution in [0.3, 0.4) is 0 Å². The highest BCUT2D eigenvalue weighted by Gasteiger charge is 2.22. The van der Waals surface area contributed by atoms with Gasteiger partial charge in [-0.15, -0.1) is 0 Å². The Labute approximate surface area is 87.7 Å². The van der Waals surface area contributed by atoms with Crippen molar-refractivity contribution in [3.05, 3.63) is 33.1 Å². The molecule has 0 aliphatic rings. The smallest absolute Gasteiger partial charge is 0.181 e. The summed E-state index contributed by atoms with van der Waals surface area (Å²) in [5, 5.41) is 6.55. The van der Waals surface area contributed by atoms with Crippen molar-refractivity contribution in [3.8, 4) is 6.07 Å². The van der Waals surface area contributed by atoms with E-state index in [1.165, 1.54) is 0 Å². The van der Waals surface area contributed by atoms with E-state index in [1.807, 2.05) is 0 Å². The highest BCUT2D eigenvalue weighted by molar-refractivity contribution is 6.34. The Hall–Kier alpha value is -0.920. The van der Waals surface area contributed by atoms with Gasteiger partial charge in [-0.1, -0.05) is 23.2 Å². The molecule has 0 N–H and O–H groups in total. The minimum Gasteiger partial charge on any atom is -0.205 e. The Morgan fingerprint density at radius 1 is 1.00 bits per heavy atom. The van der Waals surface area contributed by atoms with E-state index < -0.39 is 39.5 Å². The average molecular weight is 240 g/mol. The molecule has 14 heavy (non-hydrogen) atoms. The minimum atomic E-state index is -1.55. The van der Waals surface area contributed by atoms with Gasteiger partial charge in [0.15, 0.2) is 17.5 Å². The first-order valence-corrected chi connectivity index (χ1v) is 4.13. The number of rotatable bonds is 1. The largest absolute Gasteiger partial charge is 0.205 e. The average Bonchev–Trinajstić information content (AvgIpc) is 2.19. The molecule has 1 aromatic carbocycles. The van der Waals surface area contributed by atoms with Crippen LogP contribution in [0.15, 0.2) is 0 Å². The molecule has 0 aromatic heterocycles. The Kier molecular flexibility index (Phi) is 3.25. The molecule has 6 heteroatoms. The van der Waals surface area contributed by atoms with Crippen molar-refractivity contribution in [2.24, 2.45) is 0 Å². The quantitative estimate of drug-likeness (QED) is 0.544. The maximum Gasteiger partial charge on any atom is 0.181 e. The van der Waals surface area contributed by atoms with Crippen molar-refractivity contribution in [1.29, 1.82) is 5.26 Å². The second-order valence-corrected chi connectivity index (χ2v) is 3.14. The molecule has 0 unspecified atom stereocenters. The van der Waals surface area contributed by atoms with E-state index in [1.54, 1.807) is 6.07 Å². The summed E-state index contributed by atoms with van der Waals surface area (Å²) < 4.78 is 38.8. The zero-order valence-electron chi connectivity index (χ0n) is 6.54. The van der Waals surface area contributed by atoms with Crippen molar-refractivity contribution in [2.75, 3.05) is 0 Å². The molecule has 0 aliphatic heterocycles. The van der Waals surface area contributed by atoms with Crippen LogP contribution < -0.4 is 0 Å². The first-order chi connectivity index (χ1) is 6.50. The molecular formula is C8H2Cl2F3N. The normalized spacial score (nSPS) is 10.0. The Bertz CT molecular complexity index is 397. The Balaban J connectivity index is 3.53. The molecular weight excluding hydrogens is 238 g/mol. The molecule has 0 atom stereocenters. The molecule has 1 rings (SSSR count). The van der Waals surface area contributed by atoms with Crippen LogP contribution in [0.25, 0.3) is 0 Å². The maximum atomic E-state index is 13.1. The van der Waals surface area contributed by atoms with E-state index in [2.05, 4.69) is 0 Å². The zero-order chi connectivity index (χ0) is 10.9. The summed E-state index contributed by atoms with van der Waals surface area (Å²) in [6, 6.07) is 1.57. The van der Waals surface area contributed by atoms with E-state index in [9.17, 15) is 13.2 Å². The van der Waals surface area contributed by atoms with E-state index in [-0.39, 0.29) is 0 Å². The van der Waals surface area contributed by atoms with E-state index >= 15 is 0 Å². The van der Waals surface area contributed by atoms with Gasteiger partial charge in [0.2, 0.25) is 0 Å². The second kappa shape index (κ2) is 4.07. The molecule has 0 bridgehead atoms. The molecule has 1 nitrogen and oxygen atoms in total. The fourth-order valence-corrected chi connectivity index (χ4v) is 1.31. The molecule has 0 saturated carbocycles. The number of hydrogen-bond acceptors (Lipinski definition) is 1. The van der Waals surface area contributed by atoms with Crippen LogP contribution in [0.4, 0.5) is 13.2 Å². The van der Waals surface area contributed by atoms with Crippen LogP contribution in [-0.4, -0.2) is 0 Å². The van der Waals surface area contributed by atoms with E-state index in [4.69, 9.17) is 28.5 Å². The van der Waals surface area contributed by atoms with Crippen LogP contribution in [0.2, 0.25) is 10.0 Å². The van der Waals surface area contributed by atoms with Gasteiger partial charge in [0.05, 0.1) is 17.5 Å². The third-order valence-corrected chi connectivity index (χ3v) is 2.28. The number of nitrogens with zero attached hydrogens (tertiary/aromatic N) is 1. The predicted molar refractivity (Wildman–Crippen MR) is 45.7 cm³/mol. The van der Waals surface area contributed by atoms with Gasteiger partial charge in [-0.05, 0) is 0 Å². The van der Waals surface area contributed by atoms with Gasteiger partial charge in [0.25, 0.3) is 0 Å². The van der Waals surface area contributed by atoms with Crippen LogP contribution >= 0.6 is 23.2 Å². The number of benzene rings is 1. The molecule has 0 amide bonds. The Morgan fingerprint density at radius 3 is 2.00 bits per heavy atom. The van der Waals surface area contributed by atoms with Crippen LogP contribution in [0, 0.1) is 28.8 Å². The summed E-state index contributed by atoms with van der Waals surface area (Å²) in [4.78, 5) is 0. The monoisotopic (exact) mass is 239 g/mol. The van der Waals surface area contributed by atoms with Gasteiger partial charge < -0.3 is 0 Å². The highest BCUT2D eigenvalue weighted by Crippen LogP contribution is 2.31. The van der Waals surface area contributed by atoms with Gasteiger partial charge in [-0.3, -0.25) is 0 Å². The van der Waals surface area contributed by atoms with Gasteiger partial charge >= 0.3 is 0 Å². The molecule has 0 saturated heterocycles. The number of hydrogen-bond donors (Lipinski definition) is 0.